The van der Waals surface area contributed by atoms with E-state index in [0.29, 0.717) is 0 Å². The molecule has 1 unspecified atom stereocenters. The van der Waals surface area contributed by atoms with Gasteiger partial charge < -0.3 is 19.5 Å². The lowest BCUT2D eigenvalue weighted by Gasteiger charge is -2.21. The Kier molecular flexibility index (Phi) is 4.46. The average Bonchev–Trinajstić information content (AvgIpc) is 2.87. The van der Waals surface area contributed by atoms with Crippen LogP contribution >= 0.6 is 0 Å². The van der Waals surface area contributed by atoms with E-state index in [1.165, 1.54) is 26.4 Å². The lowest BCUT2D eigenvalue weighted by molar-refractivity contribution is -0.117. The second kappa shape index (κ2) is 6.03. The van der Waals surface area contributed by atoms with Gasteiger partial charge in [-0.3, -0.25) is 4.79 Å². The number of anilines is 1. The van der Waals surface area contributed by atoms with Crippen molar-refractivity contribution in [1.82, 2.24) is 0 Å². The first-order chi connectivity index (χ1) is 10.7. The molecule has 10 heteroatoms. The van der Waals surface area contributed by atoms with Crippen molar-refractivity contribution in [3.63, 3.8) is 0 Å². The second-order valence-corrected chi connectivity index (χ2v) is 6.45. The smallest absolute Gasteiger partial charge is 0.341 e. The van der Waals surface area contributed by atoms with Gasteiger partial charge in [0, 0.05) is 25.1 Å². The molecule has 0 bridgehead atoms. The molecule has 0 aliphatic carbocycles. The van der Waals surface area contributed by atoms with E-state index in [2.05, 4.69) is 0 Å². The van der Waals surface area contributed by atoms with E-state index in [9.17, 15) is 27.0 Å². The van der Waals surface area contributed by atoms with Crippen LogP contribution in [0.5, 0.6) is 11.5 Å². The predicted molar refractivity (Wildman–Crippen MR) is 77.3 cm³/mol. The van der Waals surface area contributed by atoms with Crippen molar-refractivity contribution in [2.75, 3.05) is 25.7 Å². The quantitative estimate of drug-likeness (QED) is 0.785. The van der Waals surface area contributed by atoms with Crippen molar-refractivity contribution >= 4 is 27.8 Å². The number of benzene rings is 1. The van der Waals surface area contributed by atoms with Crippen LogP contribution in [0.4, 0.5) is 9.57 Å². The number of amides is 1. The highest BCUT2D eigenvalue weighted by atomic mass is 32.3. The van der Waals surface area contributed by atoms with Gasteiger partial charge in [-0.2, -0.15) is 8.42 Å². The molecule has 0 aromatic heterocycles. The molecule has 1 atom stereocenters. The van der Waals surface area contributed by atoms with E-state index in [1.54, 1.807) is 0 Å². The number of rotatable bonds is 5. The van der Waals surface area contributed by atoms with Crippen LogP contribution in [0.2, 0.25) is 0 Å². The molecule has 0 saturated carbocycles. The number of methoxy groups -OCH3 is 2. The van der Waals surface area contributed by atoms with Gasteiger partial charge in [0.25, 0.3) is 0 Å². The summed E-state index contributed by atoms with van der Waals surface area (Å²) in [5.41, 5.74) is -0.441. The van der Waals surface area contributed by atoms with Crippen LogP contribution in [0.3, 0.4) is 0 Å². The first-order valence-corrected chi connectivity index (χ1v) is 7.86. The summed E-state index contributed by atoms with van der Waals surface area (Å²) in [6, 6.07) is 2.58. The molecule has 126 valence electrons. The summed E-state index contributed by atoms with van der Waals surface area (Å²) in [5.74, 6) is -1.93. The van der Waals surface area contributed by atoms with Gasteiger partial charge in [-0.1, -0.05) is 0 Å². The summed E-state index contributed by atoms with van der Waals surface area (Å²) in [4.78, 5) is 24.4. The Labute approximate surface area is 131 Å². The highest BCUT2D eigenvalue weighted by Crippen LogP contribution is 2.37. The number of carbonyl (C=O) groups excluding carboxylic acids is 1. The molecule has 1 N–H and O–H groups in total. The molecule has 0 radical (unpaired) electrons. The van der Waals surface area contributed by atoms with E-state index in [1.807, 2.05) is 0 Å². The van der Waals surface area contributed by atoms with E-state index in [0.717, 1.165) is 4.90 Å². The monoisotopic (exact) mass is 347 g/mol. The summed E-state index contributed by atoms with van der Waals surface area (Å²) in [7, 11) is -2.34. The molecule has 1 aromatic carbocycles. The van der Waals surface area contributed by atoms with Gasteiger partial charge >= 0.3 is 16.2 Å². The number of nitrogens with zero attached hydrogens (tertiary/aromatic N) is 1. The molecule has 1 aliphatic rings. The normalized spacial score (nSPS) is 18.1. The fourth-order valence-corrected chi connectivity index (χ4v) is 3.05. The Balaban J connectivity index is 2.58. The molecule has 1 amide bonds. The van der Waals surface area contributed by atoms with Crippen LogP contribution in [-0.4, -0.2) is 51.4 Å². The zero-order valence-electron chi connectivity index (χ0n) is 12.3. The zero-order chi connectivity index (χ0) is 17.4. The number of carbonyl (C=O) groups is 2. The number of ether oxygens (including phenoxy) is 2. The van der Waals surface area contributed by atoms with Crippen LogP contribution in [0.1, 0.15) is 16.8 Å². The summed E-state index contributed by atoms with van der Waals surface area (Å²) >= 11 is 0. The standard InChI is InChI=1S/C13H14FNO7S/c1-21-7-3-9(12(13(17)18)10(4-7)22-2)15-6-8(5-11(15)16)23(14,19)20/h3-4,8H,5-6H2,1-2H3,(H,17,18). The van der Waals surface area contributed by atoms with E-state index < -0.39 is 40.3 Å². The fraction of sp³-hybridized carbons (Fsp3) is 0.385. The van der Waals surface area contributed by atoms with Crippen LogP contribution in [0.25, 0.3) is 0 Å². The molecule has 1 heterocycles. The minimum atomic E-state index is -4.91. The number of carboxylic acids is 1. The van der Waals surface area contributed by atoms with Gasteiger partial charge in [-0.15, -0.1) is 3.89 Å². The Bertz CT molecular complexity index is 762. The Hall–Kier alpha value is -2.36. The molecule has 1 aliphatic heterocycles. The van der Waals surface area contributed by atoms with Crippen LogP contribution in [-0.2, 0) is 15.0 Å². The van der Waals surface area contributed by atoms with Crippen molar-refractivity contribution in [1.29, 1.82) is 0 Å². The SMILES string of the molecule is COc1cc(OC)c(C(=O)O)c(N2CC(S(=O)(=O)F)CC2=O)c1. The van der Waals surface area contributed by atoms with Crippen molar-refractivity contribution in [2.45, 2.75) is 11.7 Å². The van der Waals surface area contributed by atoms with Gasteiger partial charge in [-0.05, 0) is 0 Å². The highest BCUT2D eigenvalue weighted by molar-refractivity contribution is 7.87. The summed E-state index contributed by atoms with van der Waals surface area (Å²) in [6.45, 7) is -0.478. The molecule has 0 spiro atoms. The number of carboxylic acid groups (broad SMARTS) is 1. The van der Waals surface area contributed by atoms with Gasteiger partial charge in [-0.25, -0.2) is 4.79 Å². The van der Waals surface area contributed by atoms with Crippen LogP contribution in [0.15, 0.2) is 12.1 Å². The Morgan fingerprint density at radius 3 is 2.43 bits per heavy atom. The van der Waals surface area contributed by atoms with Gasteiger partial charge in [0.2, 0.25) is 5.91 Å². The zero-order valence-corrected chi connectivity index (χ0v) is 13.1. The van der Waals surface area contributed by atoms with Crippen molar-refractivity contribution in [3.05, 3.63) is 17.7 Å². The van der Waals surface area contributed by atoms with E-state index in [-0.39, 0.29) is 22.7 Å². The minimum Gasteiger partial charge on any atom is -0.497 e. The molecule has 1 saturated heterocycles. The van der Waals surface area contributed by atoms with Crippen molar-refractivity contribution in [2.24, 2.45) is 0 Å². The third kappa shape index (κ3) is 3.21. The first-order valence-electron chi connectivity index (χ1n) is 6.42. The largest absolute Gasteiger partial charge is 0.497 e. The summed E-state index contributed by atoms with van der Waals surface area (Å²) < 4.78 is 45.2. The third-order valence-electron chi connectivity index (χ3n) is 3.50. The van der Waals surface area contributed by atoms with E-state index >= 15 is 0 Å². The summed E-state index contributed by atoms with van der Waals surface area (Å²) in [5, 5.41) is 7.83. The summed E-state index contributed by atoms with van der Waals surface area (Å²) in [6.07, 6.45) is -0.558. The number of hydrogen-bond donors (Lipinski definition) is 1. The molecule has 1 fully saturated rings. The number of hydrogen-bond acceptors (Lipinski definition) is 6. The van der Waals surface area contributed by atoms with Crippen LogP contribution < -0.4 is 14.4 Å². The van der Waals surface area contributed by atoms with E-state index in [4.69, 9.17) is 9.47 Å². The second-order valence-electron chi connectivity index (χ2n) is 4.83. The van der Waals surface area contributed by atoms with Gasteiger partial charge in [0.05, 0.1) is 19.9 Å². The molecule has 8 nitrogen and oxygen atoms in total. The number of aromatic carboxylic acids is 1. The van der Waals surface area contributed by atoms with Crippen LogP contribution in [0, 0.1) is 0 Å². The predicted octanol–water partition coefficient (Wildman–Crippen LogP) is 0.807. The average molecular weight is 347 g/mol. The van der Waals surface area contributed by atoms with Crippen molar-refractivity contribution < 1.29 is 36.5 Å². The fourth-order valence-electron chi connectivity index (χ4n) is 2.38. The molecular weight excluding hydrogens is 333 g/mol. The van der Waals surface area contributed by atoms with Crippen molar-refractivity contribution in [3.8, 4) is 11.5 Å². The molecule has 1 aromatic rings. The molecule has 23 heavy (non-hydrogen) atoms. The maximum absolute atomic E-state index is 13.1. The minimum absolute atomic E-state index is 0.0637. The number of halogens is 1. The molecule has 2 rings (SSSR count). The first kappa shape index (κ1) is 17.0. The topological polar surface area (TPSA) is 110 Å². The van der Waals surface area contributed by atoms with Gasteiger partial charge in [0.15, 0.2) is 0 Å². The third-order valence-corrected chi connectivity index (χ3v) is 4.61. The van der Waals surface area contributed by atoms with Gasteiger partial charge in [0.1, 0.15) is 22.3 Å². The lowest BCUT2D eigenvalue weighted by atomic mass is 10.1. The highest BCUT2D eigenvalue weighted by Gasteiger charge is 2.41. The Morgan fingerprint density at radius 2 is 2.00 bits per heavy atom. The maximum Gasteiger partial charge on any atom is 0.341 e. The lowest BCUT2D eigenvalue weighted by Crippen LogP contribution is -2.28. The maximum atomic E-state index is 13.1. The Morgan fingerprint density at radius 1 is 1.35 bits per heavy atom. The molecular formula is C13H14FNO7S.